The molecule has 2 aromatic heterocycles. The minimum Gasteiger partial charge on any atom is -0.325 e. The predicted molar refractivity (Wildman–Crippen MR) is 137 cm³/mol. The Hall–Kier alpha value is -2.90. The Morgan fingerprint density at radius 2 is 1.91 bits per heavy atom. The van der Waals surface area contributed by atoms with Crippen LogP contribution in [0.25, 0.3) is 15.9 Å². The third-order valence-corrected chi connectivity index (χ3v) is 8.07. The number of carbonyl (C=O) groups excluding carboxylic acids is 1. The second-order valence-electron chi connectivity index (χ2n) is 8.42. The van der Waals surface area contributed by atoms with Crippen molar-refractivity contribution in [3.8, 4) is 5.69 Å². The van der Waals surface area contributed by atoms with Crippen molar-refractivity contribution in [2.24, 2.45) is 0 Å². The first-order valence-electron chi connectivity index (χ1n) is 11.1. The first-order valence-corrected chi connectivity index (χ1v) is 12.9. The minimum absolute atomic E-state index is 0.0303. The second-order valence-corrected chi connectivity index (χ2v) is 10.4. The molecule has 0 radical (unpaired) electrons. The molecule has 168 valence electrons. The van der Waals surface area contributed by atoms with E-state index in [1.165, 1.54) is 22.2 Å². The minimum atomic E-state index is -0.127. The summed E-state index contributed by atoms with van der Waals surface area (Å²) in [5.41, 5.74) is 4.87. The zero-order chi connectivity index (χ0) is 22.9. The maximum atomic E-state index is 13.9. The van der Waals surface area contributed by atoms with E-state index in [0.29, 0.717) is 5.16 Å². The van der Waals surface area contributed by atoms with E-state index in [4.69, 9.17) is 4.98 Å². The van der Waals surface area contributed by atoms with Crippen molar-refractivity contribution >= 4 is 44.9 Å². The lowest BCUT2D eigenvalue weighted by atomic mass is 9.97. The van der Waals surface area contributed by atoms with Crippen LogP contribution in [0.15, 0.2) is 58.5 Å². The predicted octanol–water partition coefficient (Wildman–Crippen LogP) is 5.67. The van der Waals surface area contributed by atoms with Crippen molar-refractivity contribution in [1.82, 2.24) is 9.55 Å². The molecule has 1 aliphatic carbocycles. The second kappa shape index (κ2) is 9.15. The van der Waals surface area contributed by atoms with E-state index in [0.717, 1.165) is 58.4 Å². The van der Waals surface area contributed by atoms with Gasteiger partial charge in [0, 0.05) is 10.6 Å². The molecule has 0 saturated carbocycles. The summed E-state index contributed by atoms with van der Waals surface area (Å²) in [6, 6.07) is 15.5. The Bertz CT molecular complexity index is 1410. The van der Waals surface area contributed by atoms with Crippen molar-refractivity contribution in [2.75, 3.05) is 11.1 Å². The first kappa shape index (κ1) is 21.9. The van der Waals surface area contributed by atoms with Crippen LogP contribution in [0.5, 0.6) is 0 Å². The Morgan fingerprint density at radius 1 is 1.12 bits per heavy atom. The number of hydrogen-bond acceptors (Lipinski definition) is 5. The van der Waals surface area contributed by atoms with E-state index < -0.39 is 0 Å². The fourth-order valence-electron chi connectivity index (χ4n) is 4.40. The van der Waals surface area contributed by atoms with Crippen LogP contribution in [-0.2, 0) is 17.6 Å². The molecule has 0 spiro atoms. The molecule has 33 heavy (non-hydrogen) atoms. The monoisotopic (exact) mass is 475 g/mol. The van der Waals surface area contributed by atoms with E-state index in [1.54, 1.807) is 15.9 Å². The Morgan fingerprint density at radius 3 is 2.70 bits per heavy atom. The Labute approximate surface area is 200 Å². The van der Waals surface area contributed by atoms with Gasteiger partial charge in [0.25, 0.3) is 5.56 Å². The van der Waals surface area contributed by atoms with Crippen LogP contribution in [0.2, 0.25) is 0 Å². The van der Waals surface area contributed by atoms with Gasteiger partial charge in [0.1, 0.15) is 4.83 Å². The molecule has 1 amide bonds. The van der Waals surface area contributed by atoms with Gasteiger partial charge < -0.3 is 5.32 Å². The number of anilines is 1. The lowest BCUT2D eigenvalue weighted by Crippen LogP contribution is -2.24. The normalized spacial score (nSPS) is 13.2. The van der Waals surface area contributed by atoms with Gasteiger partial charge in [-0.15, -0.1) is 11.3 Å². The van der Waals surface area contributed by atoms with Crippen LogP contribution >= 0.6 is 23.1 Å². The highest BCUT2D eigenvalue weighted by atomic mass is 32.2. The number of para-hydroxylation sites is 1. The third-order valence-electron chi connectivity index (χ3n) is 5.94. The molecular formula is C26H25N3O2S2. The van der Waals surface area contributed by atoms with Crippen molar-refractivity contribution in [1.29, 1.82) is 0 Å². The standard InChI is InChI=1S/C26H25N3O2S2/c1-16-12-13-20(17(2)14-16)29-25(31)23-19-10-6-7-11-21(19)33-24(23)28-26(29)32-15-22(30)27-18-8-4-3-5-9-18/h3-5,8-9,12-14H,6-7,10-11,15H2,1-2H3,(H,27,30). The van der Waals surface area contributed by atoms with E-state index in [2.05, 4.69) is 11.4 Å². The number of thioether (sulfide) groups is 1. The van der Waals surface area contributed by atoms with Crippen LogP contribution in [0.1, 0.15) is 34.4 Å². The SMILES string of the molecule is Cc1ccc(-n2c(SCC(=O)Nc3ccccc3)nc3sc4c(c3c2=O)CCCC4)c(C)c1. The van der Waals surface area contributed by atoms with Crippen LogP contribution in [0.4, 0.5) is 5.69 Å². The number of nitrogens with zero attached hydrogens (tertiary/aromatic N) is 2. The smallest absolute Gasteiger partial charge is 0.267 e. The summed E-state index contributed by atoms with van der Waals surface area (Å²) in [5, 5.41) is 4.22. The number of fused-ring (bicyclic) bond motifs is 3. The highest BCUT2D eigenvalue weighted by Gasteiger charge is 2.23. The van der Waals surface area contributed by atoms with Gasteiger partial charge in [-0.1, -0.05) is 47.7 Å². The summed E-state index contributed by atoms with van der Waals surface area (Å²) in [6.07, 6.45) is 4.22. The zero-order valence-corrected chi connectivity index (χ0v) is 20.3. The van der Waals surface area contributed by atoms with Crippen molar-refractivity contribution in [3.05, 3.63) is 80.5 Å². The highest BCUT2D eigenvalue weighted by molar-refractivity contribution is 7.99. The third kappa shape index (κ3) is 4.35. The number of nitrogens with one attached hydrogen (secondary N) is 1. The van der Waals surface area contributed by atoms with E-state index >= 15 is 0 Å². The van der Waals surface area contributed by atoms with Crippen LogP contribution in [0, 0.1) is 13.8 Å². The molecule has 5 nitrogen and oxygen atoms in total. The zero-order valence-electron chi connectivity index (χ0n) is 18.7. The summed E-state index contributed by atoms with van der Waals surface area (Å²) in [7, 11) is 0. The molecule has 1 N–H and O–H groups in total. The number of amides is 1. The van der Waals surface area contributed by atoms with Crippen molar-refractivity contribution in [3.63, 3.8) is 0 Å². The summed E-state index contributed by atoms with van der Waals surface area (Å²) < 4.78 is 1.71. The van der Waals surface area contributed by atoms with Crippen LogP contribution in [0.3, 0.4) is 0 Å². The lowest BCUT2D eigenvalue weighted by Gasteiger charge is -2.15. The van der Waals surface area contributed by atoms with Crippen molar-refractivity contribution < 1.29 is 4.79 Å². The fourth-order valence-corrected chi connectivity index (χ4v) is 6.51. The fraction of sp³-hybridized carbons (Fsp3) is 0.269. The molecule has 0 aliphatic heterocycles. The Balaban J connectivity index is 1.57. The van der Waals surface area contributed by atoms with E-state index in [9.17, 15) is 9.59 Å². The summed E-state index contributed by atoms with van der Waals surface area (Å²) in [5.74, 6) is 0.0428. The number of aryl methyl sites for hydroxylation is 4. The summed E-state index contributed by atoms with van der Waals surface area (Å²) in [6.45, 7) is 4.05. The van der Waals surface area contributed by atoms with Gasteiger partial charge in [-0.05, 0) is 68.9 Å². The van der Waals surface area contributed by atoms with Gasteiger partial charge in [0.15, 0.2) is 5.16 Å². The molecule has 0 fully saturated rings. The van der Waals surface area contributed by atoms with Gasteiger partial charge in [0.2, 0.25) is 5.91 Å². The molecule has 2 aromatic carbocycles. The van der Waals surface area contributed by atoms with Gasteiger partial charge in [0.05, 0.1) is 16.8 Å². The maximum absolute atomic E-state index is 13.9. The number of benzene rings is 2. The number of aromatic nitrogens is 2. The molecule has 7 heteroatoms. The van der Waals surface area contributed by atoms with Gasteiger partial charge in [-0.3, -0.25) is 14.2 Å². The Kier molecular flexibility index (Phi) is 6.08. The topological polar surface area (TPSA) is 64.0 Å². The molecule has 0 unspecified atom stereocenters. The molecule has 0 saturated heterocycles. The van der Waals surface area contributed by atoms with E-state index in [-0.39, 0.29) is 17.2 Å². The molecule has 4 aromatic rings. The molecule has 5 rings (SSSR count). The summed E-state index contributed by atoms with van der Waals surface area (Å²) in [4.78, 5) is 33.5. The van der Waals surface area contributed by atoms with Gasteiger partial charge >= 0.3 is 0 Å². The molecule has 0 bridgehead atoms. The molecule has 0 atom stereocenters. The first-order chi connectivity index (χ1) is 16.0. The molecule has 2 heterocycles. The van der Waals surface area contributed by atoms with Gasteiger partial charge in [-0.2, -0.15) is 0 Å². The maximum Gasteiger partial charge on any atom is 0.267 e. The average Bonchev–Trinajstić information content (AvgIpc) is 3.18. The van der Waals surface area contributed by atoms with Gasteiger partial charge in [-0.25, -0.2) is 4.98 Å². The number of rotatable bonds is 5. The van der Waals surface area contributed by atoms with Crippen molar-refractivity contribution in [2.45, 2.75) is 44.7 Å². The lowest BCUT2D eigenvalue weighted by molar-refractivity contribution is -0.113. The van der Waals surface area contributed by atoms with Crippen LogP contribution in [-0.4, -0.2) is 21.2 Å². The highest BCUT2D eigenvalue weighted by Crippen LogP contribution is 2.35. The largest absolute Gasteiger partial charge is 0.325 e. The number of carbonyl (C=O) groups is 1. The average molecular weight is 476 g/mol. The molecule has 1 aliphatic rings. The molecular weight excluding hydrogens is 450 g/mol. The van der Waals surface area contributed by atoms with E-state index in [1.807, 2.05) is 56.3 Å². The quantitative estimate of drug-likeness (QED) is 0.298. The summed E-state index contributed by atoms with van der Waals surface area (Å²) >= 11 is 2.94. The number of hydrogen-bond donors (Lipinski definition) is 1. The van der Waals surface area contributed by atoms with Crippen LogP contribution < -0.4 is 10.9 Å². The number of thiophene rings is 1.